The van der Waals surface area contributed by atoms with Gasteiger partial charge in [0.25, 0.3) is 0 Å². The molecule has 0 saturated carbocycles. The van der Waals surface area contributed by atoms with Crippen LogP contribution in [-0.4, -0.2) is 209 Å². The van der Waals surface area contributed by atoms with Crippen LogP contribution in [0.1, 0.15) is 87.5 Å². The van der Waals surface area contributed by atoms with Crippen LogP contribution in [0, 0.1) is 23.2 Å². The van der Waals surface area contributed by atoms with Crippen LogP contribution in [-0.2, 0) is 78.9 Å². The molecule has 42 heteroatoms. The number of carbonyl (C=O) groups excluding carboxylic acids is 3. The van der Waals surface area contributed by atoms with Crippen molar-refractivity contribution in [3.8, 4) is 6.07 Å². The zero-order valence-corrected chi connectivity index (χ0v) is 63.0. The number of carboxylic acid groups (broad SMARTS) is 1. The fraction of sp³-hybridized carbons (Fsp3) is 0.818. The first kappa shape index (κ1) is 134. The molecule has 0 heterocycles. The summed E-state index contributed by atoms with van der Waals surface area (Å²) >= 11 is 0. The van der Waals surface area contributed by atoms with Gasteiger partial charge in [-0.05, 0) is 80.7 Å². The van der Waals surface area contributed by atoms with E-state index >= 15 is 0 Å². The first-order valence-corrected chi connectivity index (χ1v) is 37.1. The van der Waals surface area contributed by atoms with Crippen LogP contribution in [0.3, 0.4) is 0 Å². The summed E-state index contributed by atoms with van der Waals surface area (Å²) in [6.07, 6.45) is 5.06. The van der Waals surface area contributed by atoms with Crippen molar-refractivity contribution in [1.29, 1.82) is 10.5 Å². The summed E-state index contributed by atoms with van der Waals surface area (Å²) < 4.78 is 91.9. The van der Waals surface area contributed by atoms with Crippen LogP contribution >= 0.6 is 82.4 Å². The van der Waals surface area contributed by atoms with Crippen molar-refractivity contribution in [2.24, 2.45) is 23.1 Å². The predicted octanol–water partition coefficient (Wildman–Crippen LogP) is 2.71. The van der Waals surface area contributed by atoms with E-state index in [1.165, 1.54) is 19.4 Å². The molecule has 0 rings (SSSR count). The first-order chi connectivity index (χ1) is 35.5. The Morgan fingerprint density at radius 1 is 0.628 bits per heavy atom. The van der Waals surface area contributed by atoms with Gasteiger partial charge in [0.1, 0.15) is 24.7 Å². The number of carboxylic acids is 1. The Hall–Kier alpha value is -0.310. The van der Waals surface area contributed by atoms with Gasteiger partial charge in [-0.1, -0.05) is 6.58 Å². The third kappa shape index (κ3) is 133. The first-order valence-electron chi connectivity index (χ1n) is 24.1. The quantitative estimate of drug-likeness (QED) is 0.00880. The number of nitrogens with zero attached hydrogens (tertiary/aromatic N) is 2. The maximum Gasteiger partial charge on any atom is 1.00 e. The number of hydrogen-bond donors (Lipinski definition) is 10. The number of ether oxygens (including phenoxy) is 2. The average Bonchev–Trinajstić information content (AvgIpc) is 3.34. The van der Waals surface area contributed by atoms with Crippen LogP contribution in [0.5, 0.6) is 0 Å². The second-order valence-electron chi connectivity index (χ2n) is 15.2. The molecule has 0 spiro atoms. The molecule has 0 bridgehead atoms. The fourth-order valence-corrected chi connectivity index (χ4v) is 10.5. The number of hydrogen-bond acceptors (Lipinski definition) is 26. The van der Waals surface area contributed by atoms with Gasteiger partial charge in [-0.15, -0.1) is 37.2 Å². The molecule has 0 radical (unpaired) electrons. The van der Waals surface area contributed by atoms with Crippen LogP contribution in [0.2, 0.25) is 0 Å². The van der Waals surface area contributed by atoms with E-state index in [2.05, 4.69) is 17.3 Å². The largest absolute Gasteiger partial charge is 1.00 e. The van der Waals surface area contributed by atoms with E-state index in [9.17, 15) is 37.2 Å². The average molecular weight is 1450 g/mol. The van der Waals surface area contributed by atoms with E-state index in [4.69, 9.17) is 91.2 Å². The molecule has 24 N–H and O–H groups in total. The Morgan fingerprint density at radius 2 is 0.930 bits per heavy atom. The van der Waals surface area contributed by atoms with E-state index in [0.717, 1.165) is 19.5 Å². The number of nitriles is 1. The summed E-state index contributed by atoms with van der Waals surface area (Å²) in [4.78, 5) is 61.1. The van der Waals surface area contributed by atoms with E-state index in [1.54, 1.807) is 40.8 Å². The van der Waals surface area contributed by atoms with Gasteiger partial charge in [0.05, 0.1) is 45.1 Å². The maximum absolute atomic E-state index is 11.8. The minimum absolute atomic E-state index is 0. The van der Waals surface area contributed by atoms with Crippen molar-refractivity contribution in [1.82, 2.24) is 12.3 Å². The molecule has 86 heavy (non-hydrogen) atoms. The minimum atomic E-state index is -3.10. The van der Waals surface area contributed by atoms with Crippen LogP contribution in [0.15, 0.2) is 12.7 Å². The zero-order valence-electron chi connectivity index (χ0n) is 53.2. The van der Waals surface area contributed by atoms with Gasteiger partial charge < -0.3 is 119 Å². The topological polar surface area (TPSA) is 625 Å². The molecule has 0 amide bonds. The van der Waals surface area contributed by atoms with Crippen molar-refractivity contribution in [3.63, 3.8) is 0 Å². The molecule has 8 unspecified atom stereocenters. The summed E-state index contributed by atoms with van der Waals surface area (Å²) in [7, 11) is -14.2. The molecule has 0 fully saturated rings. The zero-order chi connectivity index (χ0) is 62.8. The van der Waals surface area contributed by atoms with E-state index in [-0.39, 0.29) is 134 Å². The molecule has 0 aromatic heterocycles. The number of aldehydes is 2. The molecule has 526 valence electrons. The second kappa shape index (κ2) is 91.1. The molecule has 0 aliphatic rings. The number of aliphatic carboxylic acids is 1. The molecule has 0 aromatic carbocycles. The van der Waals surface area contributed by atoms with E-state index in [0.29, 0.717) is 77.1 Å². The number of nitrogens with two attached hydrogens (primary N) is 4. The van der Waals surface area contributed by atoms with Gasteiger partial charge in [0.2, 0.25) is 7.37 Å². The van der Waals surface area contributed by atoms with E-state index in [1.807, 2.05) is 47.4 Å². The van der Waals surface area contributed by atoms with E-state index < -0.39 is 75.3 Å². The summed E-state index contributed by atoms with van der Waals surface area (Å²) in [5, 5.41) is 30.5. The number of aliphatic hydroxyl groups excluding tert-OH is 1. The van der Waals surface area contributed by atoms with Crippen LogP contribution < -0.4 is 65.0 Å². The van der Waals surface area contributed by atoms with Gasteiger partial charge in [0, 0.05) is 103 Å². The Balaban J connectivity index is -0.0000000386. The van der Waals surface area contributed by atoms with Crippen LogP contribution in [0.25, 0.3) is 0 Å². The normalized spacial score (nSPS) is 13.4. The van der Waals surface area contributed by atoms with Crippen molar-refractivity contribution < 1.29 is 145 Å². The number of carbonyl (C=O) groups is 4. The Kier molecular flexibility index (Phi) is 142. The van der Waals surface area contributed by atoms with Gasteiger partial charge >= 0.3 is 41.5 Å². The monoisotopic (exact) mass is 1450 g/mol. The minimum Gasteiger partial charge on any atom is -0.512 e. The molecular formula is C44H114Cl3N8NaO24P6. The van der Waals surface area contributed by atoms with Crippen molar-refractivity contribution in [2.45, 2.75) is 112 Å². The summed E-state index contributed by atoms with van der Waals surface area (Å²) in [5.74, 6) is 2.64. The molecular weight excluding hydrogens is 1340 g/mol. The number of halogens is 3. The smallest absolute Gasteiger partial charge is 0.512 e. The summed E-state index contributed by atoms with van der Waals surface area (Å²) in [6, 6.07) is -0.601. The Labute approximate surface area is 555 Å². The number of aliphatic hydroxyl groups is 1. The van der Waals surface area contributed by atoms with Crippen molar-refractivity contribution in [2.75, 3.05) is 124 Å². The van der Waals surface area contributed by atoms with Gasteiger partial charge in [-0.25, -0.2) is 4.79 Å². The Bertz CT molecular complexity index is 1740. The maximum atomic E-state index is 11.8. The summed E-state index contributed by atoms with van der Waals surface area (Å²) in [5.41, 5.74) is 15.7. The molecule has 8 atom stereocenters. The number of allylic oxidation sites excluding steroid dienone is 1. The summed E-state index contributed by atoms with van der Waals surface area (Å²) in [6.45, 7) is 36.2. The molecule has 0 aromatic rings. The fourth-order valence-electron chi connectivity index (χ4n) is 4.15. The van der Waals surface area contributed by atoms with Gasteiger partial charge in [-0.2, -0.15) is 11.2 Å². The standard InChI is InChI=1S/C10H23O4P.C7H15N2O2P.C6H13O3P.C5H13N2O4P.C5H12NO4P.C5H13O2P.C3H4O.C2H6O.CN.3ClH.2H3N.Na.3H2O/c1-5-12-10(13-6-2)8-9-15(4,11)14-7-3;1-3-11-12(2,10)5-4-7(9)6-8;1-3-9-10(2,8)6-4-5-7;1-12(9,10)3-2-4(6)5(8)11-7;1-11(9,10)3-2-4(6)5(7)8;1-4-6-8(3)7-5-2;1-2-3-4;1-2-3;1-2;;;;;;;;;/h10H,5-9H2,1-4H3;7H,3-5,9H2,1-2H3;5H,3-4,6H2,1-2H3;4H,2-3,6-7H2,1H3,(H,9,10);4H,2-3,6H2,1H3,(H,7,8)(H,9,10);4-5H2,1-3H3;2-3H,1H2;3H,2H2,1H3;;3*1H;2*1H3;;3*1H2/q;;;;;;;;-1;;;;;;+1;;;. The molecule has 0 aliphatic carbocycles. The molecule has 32 nitrogen and oxygen atoms in total. The van der Waals surface area contributed by atoms with Crippen LogP contribution in [0.4, 0.5) is 0 Å². The van der Waals surface area contributed by atoms with Crippen molar-refractivity contribution in [3.05, 3.63) is 19.2 Å². The van der Waals surface area contributed by atoms with Gasteiger partial charge in [0.15, 0.2) is 44.1 Å². The molecule has 0 saturated heterocycles. The third-order valence-corrected chi connectivity index (χ3v) is 16.6. The van der Waals surface area contributed by atoms with Crippen molar-refractivity contribution >= 4 is 107 Å². The number of rotatable bonds is 32. The van der Waals surface area contributed by atoms with Gasteiger partial charge in [-0.3, -0.25) is 32.4 Å². The Morgan fingerprint density at radius 3 is 1.16 bits per heavy atom. The third-order valence-electron chi connectivity index (χ3n) is 7.51. The molecule has 0 aliphatic heterocycles. The predicted molar refractivity (Wildman–Crippen MR) is 348 cm³/mol. The second-order valence-corrected chi connectivity index (χ2v) is 29.8. The SMILES string of the molecule is C=CC=O.CCO.CCOC(CCP(C)(=O)OCC)OCC.CCOP(C)(=O)CCC(N)C#N.CCOP(C)(=O)CCC=O.CCOP(C)OCC.CP(=O)(O)CCC(N)C(=O)O.CP(=O)(O)CCC(N)C(=O)ON.Cl.Cl.Cl.N.N.O.O.O.[C-]#N.[Na+].